The molecule has 0 fully saturated rings. The predicted octanol–water partition coefficient (Wildman–Crippen LogP) is 1.29. The highest BCUT2D eigenvalue weighted by Crippen LogP contribution is 1.96. The van der Waals surface area contributed by atoms with Gasteiger partial charge in [-0.1, -0.05) is 6.55 Å². The van der Waals surface area contributed by atoms with Crippen molar-refractivity contribution >= 4 is 9.52 Å². The minimum atomic E-state index is 0.615. The molecule has 0 atom stereocenters. The maximum absolute atomic E-state index is 4.84. The number of rotatable bonds is 4. The molecular formula is C6H12O2Si. The van der Waals surface area contributed by atoms with E-state index in [0.29, 0.717) is 5.95 Å². The highest BCUT2D eigenvalue weighted by molar-refractivity contribution is 6.34. The lowest BCUT2D eigenvalue weighted by atomic mass is 10.7. The van der Waals surface area contributed by atoms with Gasteiger partial charge in [0.2, 0.25) is 0 Å². The third-order valence-corrected chi connectivity index (χ3v) is 1.49. The fourth-order valence-electron chi connectivity index (χ4n) is 0.435. The molecule has 0 aliphatic carbocycles. The van der Waals surface area contributed by atoms with Gasteiger partial charge in [0.05, 0.1) is 14.2 Å². The molecule has 0 spiro atoms. The summed E-state index contributed by atoms with van der Waals surface area (Å²) in [6.45, 7) is 2.14. The summed E-state index contributed by atoms with van der Waals surface area (Å²) in [6, 6.07) is 1.04. The van der Waals surface area contributed by atoms with Gasteiger partial charge in [0.25, 0.3) is 5.95 Å². The first-order valence-corrected chi connectivity index (χ1v) is 4.48. The van der Waals surface area contributed by atoms with Crippen molar-refractivity contribution < 1.29 is 9.47 Å². The van der Waals surface area contributed by atoms with Crippen LogP contribution in [0.5, 0.6) is 0 Å². The van der Waals surface area contributed by atoms with Crippen molar-refractivity contribution in [1.82, 2.24) is 0 Å². The Morgan fingerprint density at radius 1 is 1.44 bits per heavy atom. The van der Waals surface area contributed by atoms with Crippen LogP contribution in [-0.2, 0) is 9.47 Å². The normalized spacial score (nSPS) is 8.33. The summed E-state index contributed by atoms with van der Waals surface area (Å²) < 4.78 is 9.69. The van der Waals surface area contributed by atoms with E-state index in [4.69, 9.17) is 9.47 Å². The molecule has 0 saturated carbocycles. The molecule has 0 amide bonds. The maximum Gasteiger partial charge on any atom is 0.273 e. The van der Waals surface area contributed by atoms with E-state index in [9.17, 15) is 0 Å². The summed E-state index contributed by atoms with van der Waals surface area (Å²) >= 11 is 0. The Balaban J connectivity index is 3.48. The average molecular weight is 144 g/mol. The van der Waals surface area contributed by atoms with E-state index in [1.807, 2.05) is 6.08 Å². The van der Waals surface area contributed by atoms with Crippen LogP contribution in [0.2, 0.25) is 12.6 Å². The Labute approximate surface area is 58.7 Å². The molecule has 0 N–H and O–H groups in total. The van der Waals surface area contributed by atoms with Gasteiger partial charge in [-0.2, -0.15) is 0 Å². The van der Waals surface area contributed by atoms with Gasteiger partial charge in [0.15, 0.2) is 0 Å². The third-order valence-electron chi connectivity index (χ3n) is 0.875. The van der Waals surface area contributed by atoms with Crippen LogP contribution < -0.4 is 0 Å². The largest absolute Gasteiger partial charge is 0.469 e. The van der Waals surface area contributed by atoms with Crippen molar-refractivity contribution in [1.29, 1.82) is 0 Å². The first-order valence-electron chi connectivity index (χ1n) is 2.78. The molecule has 2 nitrogen and oxygen atoms in total. The quantitative estimate of drug-likeness (QED) is 0.437. The van der Waals surface area contributed by atoms with Gasteiger partial charge in [0, 0.05) is 9.52 Å². The van der Waals surface area contributed by atoms with E-state index in [-0.39, 0.29) is 0 Å². The molecule has 9 heavy (non-hydrogen) atoms. The predicted molar refractivity (Wildman–Crippen MR) is 38.5 cm³/mol. The lowest BCUT2D eigenvalue weighted by molar-refractivity contribution is 0.0948. The number of ether oxygens (including phenoxy) is 2. The van der Waals surface area contributed by atoms with E-state index in [2.05, 4.69) is 6.55 Å². The molecule has 0 heterocycles. The number of hydrogen-bond donors (Lipinski definition) is 0. The Bertz CT molecular complexity index is 85.1. The van der Waals surface area contributed by atoms with Gasteiger partial charge in [-0.25, -0.2) is 0 Å². The smallest absolute Gasteiger partial charge is 0.273 e. The van der Waals surface area contributed by atoms with E-state index in [0.717, 1.165) is 15.6 Å². The second kappa shape index (κ2) is 5.69. The van der Waals surface area contributed by atoms with Gasteiger partial charge in [-0.15, -0.1) is 0 Å². The molecule has 52 valence electrons. The van der Waals surface area contributed by atoms with Crippen LogP contribution in [0.15, 0.2) is 12.0 Å². The number of allylic oxidation sites excluding steroid dienone is 1. The van der Waals surface area contributed by atoms with Gasteiger partial charge >= 0.3 is 0 Å². The summed E-state index contributed by atoms with van der Waals surface area (Å²) in [5.41, 5.74) is 0. The van der Waals surface area contributed by atoms with Crippen LogP contribution >= 0.6 is 0 Å². The molecule has 0 aromatic carbocycles. The van der Waals surface area contributed by atoms with Gasteiger partial charge in [-0.3, -0.25) is 0 Å². The third kappa shape index (κ3) is 4.09. The van der Waals surface area contributed by atoms with E-state index >= 15 is 0 Å². The monoisotopic (exact) mass is 144 g/mol. The van der Waals surface area contributed by atoms with Crippen molar-refractivity contribution in [3.8, 4) is 0 Å². The van der Waals surface area contributed by atoms with Crippen LogP contribution in [0.25, 0.3) is 0 Å². The van der Waals surface area contributed by atoms with E-state index in [1.165, 1.54) is 0 Å². The summed E-state index contributed by atoms with van der Waals surface area (Å²) in [4.78, 5) is 0. The standard InChI is InChI=1S/C6H12O2Si/c1-7-6(8-2)4-5-9-3/h4H,5H2,1-3H3. The van der Waals surface area contributed by atoms with Crippen LogP contribution in [0.1, 0.15) is 0 Å². The molecule has 0 bridgehead atoms. The maximum atomic E-state index is 4.84. The minimum Gasteiger partial charge on any atom is -0.469 e. The number of methoxy groups -OCH3 is 2. The van der Waals surface area contributed by atoms with Crippen molar-refractivity contribution in [3.63, 3.8) is 0 Å². The summed E-state index contributed by atoms with van der Waals surface area (Å²) in [6.07, 6.45) is 1.94. The molecule has 0 aliphatic heterocycles. The first-order chi connectivity index (χ1) is 4.35. The highest BCUT2D eigenvalue weighted by atomic mass is 28.2. The van der Waals surface area contributed by atoms with Crippen molar-refractivity contribution in [3.05, 3.63) is 12.0 Å². The topological polar surface area (TPSA) is 18.5 Å². The minimum absolute atomic E-state index is 0.615. The van der Waals surface area contributed by atoms with Crippen LogP contribution in [-0.4, -0.2) is 23.7 Å². The van der Waals surface area contributed by atoms with Crippen LogP contribution in [0.4, 0.5) is 0 Å². The van der Waals surface area contributed by atoms with Gasteiger partial charge in [-0.05, 0) is 12.1 Å². The molecule has 0 saturated heterocycles. The molecule has 0 unspecified atom stereocenters. The molecule has 0 rings (SSSR count). The second-order valence-electron chi connectivity index (χ2n) is 1.49. The average Bonchev–Trinajstić information content (AvgIpc) is 1.91. The Morgan fingerprint density at radius 2 is 2.00 bits per heavy atom. The Kier molecular flexibility index (Phi) is 5.41. The van der Waals surface area contributed by atoms with Crippen LogP contribution in [0, 0.1) is 0 Å². The SMILES string of the molecule is COC(=CC[Si]C)OC. The van der Waals surface area contributed by atoms with Crippen molar-refractivity contribution in [2.75, 3.05) is 14.2 Å². The fourth-order valence-corrected chi connectivity index (χ4v) is 0.806. The highest BCUT2D eigenvalue weighted by Gasteiger charge is 1.88. The zero-order chi connectivity index (χ0) is 7.11. The zero-order valence-electron chi connectivity index (χ0n) is 6.10. The summed E-state index contributed by atoms with van der Waals surface area (Å²) in [5, 5.41) is 0. The fraction of sp³-hybridized carbons (Fsp3) is 0.667. The lowest BCUT2D eigenvalue weighted by Crippen LogP contribution is -1.89. The molecule has 3 heteroatoms. The Hall–Kier alpha value is -0.443. The Morgan fingerprint density at radius 3 is 2.33 bits per heavy atom. The van der Waals surface area contributed by atoms with E-state index < -0.39 is 0 Å². The molecule has 0 aromatic rings. The van der Waals surface area contributed by atoms with Crippen molar-refractivity contribution in [2.45, 2.75) is 12.6 Å². The summed E-state index contributed by atoms with van der Waals surface area (Å²) in [5.74, 6) is 0.615. The van der Waals surface area contributed by atoms with Crippen LogP contribution in [0.3, 0.4) is 0 Å². The molecule has 2 radical (unpaired) electrons. The zero-order valence-corrected chi connectivity index (χ0v) is 7.10. The second-order valence-corrected chi connectivity index (χ2v) is 2.60. The lowest BCUT2D eigenvalue weighted by Gasteiger charge is -2.01. The van der Waals surface area contributed by atoms with Gasteiger partial charge in [0.1, 0.15) is 0 Å². The molecule has 0 aromatic heterocycles. The number of hydrogen-bond acceptors (Lipinski definition) is 2. The van der Waals surface area contributed by atoms with Crippen molar-refractivity contribution in [2.24, 2.45) is 0 Å². The molecule has 0 aliphatic rings. The first kappa shape index (κ1) is 8.56. The molecular weight excluding hydrogens is 132 g/mol. The van der Waals surface area contributed by atoms with E-state index in [1.54, 1.807) is 14.2 Å². The van der Waals surface area contributed by atoms with Gasteiger partial charge < -0.3 is 9.47 Å². The summed E-state index contributed by atoms with van der Waals surface area (Å²) in [7, 11) is 4.13.